The van der Waals surface area contributed by atoms with E-state index in [1.165, 1.54) is 5.56 Å². The Morgan fingerprint density at radius 3 is 2.68 bits per heavy atom. The third kappa shape index (κ3) is 4.86. The van der Waals surface area contributed by atoms with Crippen LogP contribution in [-0.4, -0.2) is 15.0 Å². The van der Waals surface area contributed by atoms with Crippen molar-refractivity contribution in [2.45, 2.75) is 33.4 Å². The predicted octanol–water partition coefficient (Wildman–Crippen LogP) is 5.39. The van der Waals surface area contributed by atoms with Gasteiger partial charge in [-0.05, 0) is 72.9 Å². The van der Waals surface area contributed by atoms with Gasteiger partial charge in [0.1, 0.15) is 5.76 Å². The fraction of sp³-hybridized carbons (Fsp3) is 0.200. The summed E-state index contributed by atoms with van der Waals surface area (Å²) >= 11 is 5.76. The maximum Gasteiger partial charge on any atom is 0.253 e. The Labute approximate surface area is 186 Å². The number of anilines is 1. The number of hydrogen-bond acceptors (Lipinski definition) is 3. The minimum Gasteiger partial charge on any atom is -0.467 e. The zero-order valence-corrected chi connectivity index (χ0v) is 18.5. The van der Waals surface area contributed by atoms with Gasteiger partial charge in [-0.25, -0.2) is 0 Å². The first-order valence-corrected chi connectivity index (χ1v) is 10.7. The number of nitrogens with one attached hydrogen (secondary N) is 2. The minimum atomic E-state index is -0.113. The molecule has 31 heavy (non-hydrogen) atoms. The molecule has 4 rings (SSSR count). The smallest absolute Gasteiger partial charge is 0.253 e. The number of aromatic amines is 1. The molecule has 2 N–H and O–H groups in total. The minimum absolute atomic E-state index is 0.113. The van der Waals surface area contributed by atoms with E-state index in [1.54, 1.807) is 6.26 Å². The quantitative estimate of drug-likeness (QED) is 0.401. The number of para-hydroxylation sites is 1. The van der Waals surface area contributed by atoms with Crippen LogP contribution in [0.3, 0.4) is 0 Å². The molecule has 2 heterocycles. The van der Waals surface area contributed by atoms with Gasteiger partial charge in [-0.15, -0.1) is 0 Å². The molecule has 6 heteroatoms. The SMILES string of the molecule is CCc1ccccc1NC(=S)N(Cc1ccco1)Cc1cc2cc(C)ccc2[nH]c1=O. The molecule has 5 nitrogen and oxygen atoms in total. The molecule has 0 aliphatic carbocycles. The van der Waals surface area contributed by atoms with Crippen LogP contribution >= 0.6 is 12.2 Å². The summed E-state index contributed by atoms with van der Waals surface area (Å²) in [5, 5.41) is 4.91. The van der Waals surface area contributed by atoms with Crippen LogP contribution in [0.5, 0.6) is 0 Å². The largest absolute Gasteiger partial charge is 0.467 e. The van der Waals surface area contributed by atoms with Crippen LogP contribution in [0.25, 0.3) is 10.9 Å². The number of aryl methyl sites for hydroxylation is 2. The van der Waals surface area contributed by atoms with Gasteiger partial charge in [0.25, 0.3) is 5.56 Å². The van der Waals surface area contributed by atoms with Crippen molar-refractivity contribution in [1.29, 1.82) is 0 Å². The van der Waals surface area contributed by atoms with Crippen LogP contribution in [-0.2, 0) is 19.5 Å². The molecule has 4 aromatic rings. The summed E-state index contributed by atoms with van der Waals surface area (Å²) in [6.45, 7) is 4.97. The lowest BCUT2D eigenvalue weighted by Gasteiger charge is -2.25. The Balaban J connectivity index is 1.65. The first-order valence-electron chi connectivity index (χ1n) is 10.3. The standard InChI is InChI=1S/C25H25N3O2S/c1-3-18-7-4-5-9-22(18)27-25(31)28(16-21-8-6-12-30-21)15-20-14-19-13-17(2)10-11-23(19)26-24(20)29/h4-14H,3,15-16H2,1-2H3,(H,26,29)(H,27,31). The number of aromatic nitrogens is 1. The molecule has 0 spiro atoms. The topological polar surface area (TPSA) is 61.3 Å². The van der Waals surface area contributed by atoms with Crippen molar-refractivity contribution >= 4 is 33.9 Å². The van der Waals surface area contributed by atoms with Gasteiger partial charge in [-0.2, -0.15) is 0 Å². The molecule has 0 amide bonds. The highest BCUT2D eigenvalue weighted by molar-refractivity contribution is 7.80. The molecule has 0 aliphatic rings. The summed E-state index contributed by atoms with van der Waals surface area (Å²) in [6, 6.07) is 19.8. The predicted molar refractivity (Wildman–Crippen MR) is 129 cm³/mol. The molecule has 0 fully saturated rings. The fourth-order valence-corrected chi connectivity index (χ4v) is 3.87. The number of rotatable bonds is 6. The fourth-order valence-electron chi connectivity index (χ4n) is 3.63. The second-order valence-corrected chi connectivity index (χ2v) is 7.98. The van der Waals surface area contributed by atoms with E-state index >= 15 is 0 Å². The van der Waals surface area contributed by atoms with Gasteiger partial charge in [0.05, 0.1) is 19.4 Å². The number of thiocarbonyl (C=S) groups is 1. The van der Waals surface area contributed by atoms with Crippen LogP contribution in [0.15, 0.2) is 76.1 Å². The maximum atomic E-state index is 12.8. The Morgan fingerprint density at radius 1 is 1.06 bits per heavy atom. The van der Waals surface area contributed by atoms with Gasteiger partial charge < -0.3 is 19.6 Å². The molecule has 2 aromatic heterocycles. The number of H-pyrrole nitrogens is 1. The number of fused-ring (bicyclic) bond motifs is 1. The molecule has 0 bridgehead atoms. The molecule has 0 radical (unpaired) electrons. The van der Waals surface area contributed by atoms with Gasteiger partial charge in [0, 0.05) is 16.8 Å². The van der Waals surface area contributed by atoms with Crippen molar-refractivity contribution in [3.05, 3.63) is 99.7 Å². The van der Waals surface area contributed by atoms with E-state index in [0.717, 1.165) is 34.3 Å². The average Bonchev–Trinajstić information content (AvgIpc) is 3.27. The second-order valence-electron chi connectivity index (χ2n) is 7.59. The van der Waals surface area contributed by atoms with Crippen LogP contribution in [0.1, 0.15) is 29.4 Å². The van der Waals surface area contributed by atoms with Crippen LogP contribution in [0.4, 0.5) is 5.69 Å². The van der Waals surface area contributed by atoms with Crippen molar-refractivity contribution in [2.24, 2.45) is 0 Å². The molecular formula is C25H25N3O2S. The molecule has 0 atom stereocenters. The van der Waals surface area contributed by atoms with E-state index in [0.29, 0.717) is 23.8 Å². The number of hydrogen-bond donors (Lipinski definition) is 2. The van der Waals surface area contributed by atoms with Crippen LogP contribution in [0.2, 0.25) is 0 Å². The summed E-state index contributed by atoms with van der Waals surface area (Å²) in [6.07, 6.45) is 2.54. The highest BCUT2D eigenvalue weighted by Gasteiger charge is 2.16. The monoisotopic (exact) mass is 431 g/mol. The van der Waals surface area contributed by atoms with Gasteiger partial charge in [-0.3, -0.25) is 4.79 Å². The number of benzene rings is 2. The van der Waals surface area contributed by atoms with E-state index in [-0.39, 0.29) is 5.56 Å². The van der Waals surface area contributed by atoms with E-state index in [4.69, 9.17) is 16.6 Å². The van der Waals surface area contributed by atoms with Crippen molar-refractivity contribution in [3.63, 3.8) is 0 Å². The van der Waals surface area contributed by atoms with Crippen LogP contribution < -0.4 is 10.9 Å². The summed E-state index contributed by atoms with van der Waals surface area (Å²) in [5.41, 5.74) is 4.67. The van der Waals surface area contributed by atoms with Crippen molar-refractivity contribution in [3.8, 4) is 0 Å². The third-order valence-corrected chi connectivity index (χ3v) is 5.65. The Bertz CT molecular complexity index is 1260. The third-order valence-electron chi connectivity index (χ3n) is 5.29. The lowest BCUT2D eigenvalue weighted by atomic mass is 10.1. The van der Waals surface area contributed by atoms with E-state index in [1.807, 2.05) is 60.4 Å². The van der Waals surface area contributed by atoms with Crippen molar-refractivity contribution in [2.75, 3.05) is 5.32 Å². The molecule has 2 aromatic carbocycles. The van der Waals surface area contributed by atoms with E-state index in [2.05, 4.69) is 29.4 Å². The number of nitrogens with zero attached hydrogens (tertiary/aromatic N) is 1. The molecule has 0 unspecified atom stereocenters. The lowest BCUT2D eigenvalue weighted by molar-refractivity contribution is 0.359. The summed E-state index contributed by atoms with van der Waals surface area (Å²) in [7, 11) is 0. The van der Waals surface area contributed by atoms with E-state index in [9.17, 15) is 4.79 Å². The van der Waals surface area contributed by atoms with Gasteiger partial charge in [0.15, 0.2) is 5.11 Å². The summed E-state index contributed by atoms with van der Waals surface area (Å²) in [5.74, 6) is 0.779. The molecule has 0 saturated heterocycles. The van der Waals surface area contributed by atoms with Crippen molar-refractivity contribution < 1.29 is 4.42 Å². The van der Waals surface area contributed by atoms with Crippen LogP contribution in [0, 0.1) is 6.92 Å². The molecule has 0 saturated carbocycles. The number of pyridine rings is 1. The summed E-state index contributed by atoms with van der Waals surface area (Å²) < 4.78 is 5.55. The highest BCUT2D eigenvalue weighted by Crippen LogP contribution is 2.19. The van der Waals surface area contributed by atoms with Gasteiger partial charge >= 0.3 is 0 Å². The maximum absolute atomic E-state index is 12.8. The number of furan rings is 1. The Morgan fingerprint density at radius 2 is 1.90 bits per heavy atom. The van der Waals surface area contributed by atoms with Crippen molar-refractivity contribution in [1.82, 2.24) is 9.88 Å². The summed E-state index contributed by atoms with van der Waals surface area (Å²) in [4.78, 5) is 17.7. The lowest BCUT2D eigenvalue weighted by Crippen LogP contribution is -2.35. The van der Waals surface area contributed by atoms with Gasteiger partial charge in [0.2, 0.25) is 0 Å². The second kappa shape index (κ2) is 9.18. The molecule has 0 aliphatic heterocycles. The zero-order chi connectivity index (χ0) is 21.8. The Kier molecular flexibility index (Phi) is 6.18. The first kappa shape index (κ1) is 20.9. The average molecular weight is 432 g/mol. The molecule has 158 valence electrons. The first-order chi connectivity index (χ1) is 15.0. The molecular weight excluding hydrogens is 406 g/mol. The van der Waals surface area contributed by atoms with E-state index < -0.39 is 0 Å². The van der Waals surface area contributed by atoms with Gasteiger partial charge in [-0.1, -0.05) is 36.8 Å². The normalized spacial score (nSPS) is 10.9. The zero-order valence-electron chi connectivity index (χ0n) is 17.6. The highest BCUT2D eigenvalue weighted by atomic mass is 32.1. The Hall–Kier alpha value is -3.38.